The largest absolute Gasteiger partial charge is 0.416 e. The molecule has 0 aliphatic rings. The standard InChI is InChI=1S/C14H10ClF3O/c15-10-7-5-9(6-8-10)13(19)11-3-1-2-4-12(11)14(16,17)18/h1-8,13,19H. The zero-order valence-corrected chi connectivity index (χ0v) is 10.4. The van der Waals surface area contributed by atoms with E-state index in [1.807, 2.05) is 0 Å². The van der Waals surface area contributed by atoms with Crippen LogP contribution in [0.1, 0.15) is 22.8 Å². The Morgan fingerprint density at radius 2 is 1.53 bits per heavy atom. The second-order valence-corrected chi connectivity index (χ2v) is 4.48. The second-order valence-electron chi connectivity index (χ2n) is 4.04. The van der Waals surface area contributed by atoms with Crippen LogP contribution < -0.4 is 0 Å². The van der Waals surface area contributed by atoms with Gasteiger partial charge in [-0.15, -0.1) is 0 Å². The highest BCUT2D eigenvalue weighted by molar-refractivity contribution is 6.30. The first kappa shape index (κ1) is 13.9. The third-order valence-corrected chi connectivity index (χ3v) is 3.00. The van der Waals surface area contributed by atoms with Crippen molar-refractivity contribution in [3.05, 3.63) is 70.2 Å². The van der Waals surface area contributed by atoms with Crippen LogP contribution in [0, 0.1) is 0 Å². The van der Waals surface area contributed by atoms with Gasteiger partial charge in [-0.2, -0.15) is 13.2 Å². The highest BCUT2D eigenvalue weighted by Crippen LogP contribution is 2.36. The molecule has 0 aromatic heterocycles. The van der Waals surface area contributed by atoms with Gasteiger partial charge >= 0.3 is 6.18 Å². The molecule has 0 spiro atoms. The lowest BCUT2D eigenvalue weighted by Gasteiger charge is -2.17. The molecule has 0 fully saturated rings. The average molecular weight is 287 g/mol. The van der Waals surface area contributed by atoms with Gasteiger partial charge < -0.3 is 5.11 Å². The topological polar surface area (TPSA) is 20.2 Å². The molecule has 2 aromatic carbocycles. The van der Waals surface area contributed by atoms with Gasteiger partial charge in [0.15, 0.2) is 0 Å². The van der Waals surface area contributed by atoms with Gasteiger partial charge in [0.1, 0.15) is 6.10 Å². The van der Waals surface area contributed by atoms with Crippen LogP contribution in [0.2, 0.25) is 5.02 Å². The number of rotatable bonds is 2. The predicted octanol–water partition coefficient (Wildman–Crippen LogP) is 4.44. The number of hydrogen-bond donors (Lipinski definition) is 1. The van der Waals surface area contributed by atoms with Crippen LogP contribution >= 0.6 is 11.6 Å². The van der Waals surface area contributed by atoms with E-state index in [0.717, 1.165) is 6.07 Å². The van der Waals surface area contributed by atoms with E-state index in [-0.39, 0.29) is 5.56 Å². The fourth-order valence-electron chi connectivity index (χ4n) is 1.82. The zero-order valence-electron chi connectivity index (χ0n) is 9.66. The molecule has 2 rings (SSSR count). The van der Waals surface area contributed by atoms with Crippen molar-refractivity contribution in [3.63, 3.8) is 0 Å². The first-order valence-electron chi connectivity index (χ1n) is 5.49. The van der Waals surface area contributed by atoms with Crippen LogP contribution in [0.5, 0.6) is 0 Å². The first-order valence-corrected chi connectivity index (χ1v) is 5.87. The molecule has 1 unspecified atom stereocenters. The van der Waals surface area contributed by atoms with E-state index < -0.39 is 17.8 Å². The molecule has 1 atom stereocenters. The van der Waals surface area contributed by atoms with Gasteiger partial charge in [0.05, 0.1) is 5.56 Å². The number of hydrogen-bond acceptors (Lipinski definition) is 1. The van der Waals surface area contributed by atoms with E-state index in [1.54, 1.807) is 0 Å². The van der Waals surface area contributed by atoms with E-state index in [4.69, 9.17) is 11.6 Å². The van der Waals surface area contributed by atoms with Gasteiger partial charge in [0, 0.05) is 5.02 Å². The maximum atomic E-state index is 12.9. The van der Waals surface area contributed by atoms with E-state index in [9.17, 15) is 18.3 Å². The molecule has 100 valence electrons. The van der Waals surface area contributed by atoms with E-state index in [2.05, 4.69) is 0 Å². The Morgan fingerprint density at radius 1 is 0.947 bits per heavy atom. The number of aliphatic hydroxyl groups excluding tert-OH is 1. The summed E-state index contributed by atoms with van der Waals surface area (Å²) in [5, 5.41) is 10.5. The van der Waals surface area contributed by atoms with Crippen molar-refractivity contribution in [1.82, 2.24) is 0 Å². The maximum Gasteiger partial charge on any atom is 0.416 e. The monoisotopic (exact) mass is 286 g/mol. The minimum Gasteiger partial charge on any atom is -0.384 e. The lowest BCUT2D eigenvalue weighted by atomic mass is 9.96. The Labute approximate surface area is 113 Å². The molecule has 0 heterocycles. The van der Waals surface area contributed by atoms with Crippen molar-refractivity contribution in [1.29, 1.82) is 0 Å². The van der Waals surface area contributed by atoms with Gasteiger partial charge in [-0.05, 0) is 29.3 Å². The van der Waals surface area contributed by atoms with Crippen LogP contribution in [0.3, 0.4) is 0 Å². The first-order chi connectivity index (χ1) is 8.89. The highest BCUT2D eigenvalue weighted by Gasteiger charge is 2.34. The summed E-state index contributed by atoms with van der Waals surface area (Å²) in [5.74, 6) is 0. The Bertz CT molecular complexity index is 564. The SMILES string of the molecule is OC(c1ccc(Cl)cc1)c1ccccc1C(F)(F)F. The van der Waals surface area contributed by atoms with Gasteiger partial charge in [0.25, 0.3) is 0 Å². The quantitative estimate of drug-likeness (QED) is 0.865. The lowest BCUT2D eigenvalue weighted by molar-refractivity contribution is -0.139. The summed E-state index contributed by atoms with van der Waals surface area (Å²) in [4.78, 5) is 0. The molecular formula is C14H10ClF3O. The molecule has 5 heteroatoms. The molecule has 0 amide bonds. The molecule has 0 radical (unpaired) electrons. The van der Waals surface area contributed by atoms with Crippen LogP contribution in [-0.4, -0.2) is 5.11 Å². The molecule has 1 nitrogen and oxygen atoms in total. The molecule has 0 bridgehead atoms. The van der Waals surface area contributed by atoms with E-state index >= 15 is 0 Å². The number of benzene rings is 2. The molecule has 1 N–H and O–H groups in total. The summed E-state index contributed by atoms with van der Waals surface area (Å²) >= 11 is 5.70. The van der Waals surface area contributed by atoms with Gasteiger partial charge in [-0.25, -0.2) is 0 Å². The van der Waals surface area contributed by atoms with Crippen LogP contribution in [0.15, 0.2) is 48.5 Å². The maximum absolute atomic E-state index is 12.9. The normalized spacial score (nSPS) is 13.3. The van der Waals surface area contributed by atoms with Gasteiger partial charge in [-0.1, -0.05) is 41.9 Å². The summed E-state index contributed by atoms with van der Waals surface area (Å²) in [5.41, 5.74) is -0.643. The van der Waals surface area contributed by atoms with Crippen molar-refractivity contribution >= 4 is 11.6 Å². The van der Waals surface area contributed by atoms with Crippen molar-refractivity contribution in [2.75, 3.05) is 0 Å². The Balaban J connectivity index is 2.44. The van der Waals surface area contributed by atoms with Crippen LogP contribution in [0.4, 0.5) is 13.2 Å². The van der Waals surface area contributed by atoms with Crippen LogP contribution in [0.25, 0.3) is 0 Å². The van der Waals surface area contributed by atoms with Gasteiger partial charge in [0.2, 0.25) is 0 Å². The van der Waals surface area contributed by atoms with E-state index in [0.29, 0.717) is 10.6 Å². The molecule has 19 heavy (non-hydrogen) atoms. The Kier molecular flexibility index (Phi) is 3.83. The van der Waals surface area contributed by atoms with Gasteiger partial charge in [-0.3, -0.25) is 0 Å². The predicted molar refractivity (Wildman–Crippen MR) is 67.0 cm³/mol. The Morgan fingerprint density at radius 3 is 2.11 bits per heavy atom. The summed E-state index contributed by atoms with van der Waals surface area (Å²) in [6.07, 6.45) is -5.83. The molecule has 0 aliphatic heterocycles. The minimum absolute atomic E-state index is 0.169. The second kappa shape index (κ2) is 5.23. The van der Waals surface area contributed by atoms with Crippen molar-refractivity contribution in [2.24, 2.45) is 0 Å². The number of alkyl halides is 3. The molecular weight excluding hydrogens is 277 g/mol. The van der Waals surface area contributed by atoms with Crippen molar-refractivity contribution in [2.45, 2.75) is 12.3 Å². The molecule has 0 saturated heterocycles. The molecule has 0 aliphatic carbocycles. The lowest BCUT2D eigenvalue weighted by Crippen LogP contribution is -2.12. The third-order valence-electron chi connectivity index (χ3n) is 2.75. The average Bonchev–Trinajstić information content (AvgIpc) is 2.38. The fourth-order valence-corrected chi connectivity index (χ4v) is 1.94. The summed E-state index contributed by atoms with van der Waals surface area (Å²) in [7, 11) is 0. The number of halogens is 4. The summed E-state index contributed by atoms with van der Waals surface area (Å²) in [6, 6.07) is 11.0. The summed E-state index contributed by atoms with van der Waals surface area (Å²) < 4.78 is 38.6. The molecule has 0 saturated carbocycles. The smallest absolute Gasteiger partial charge is 0.384 e. The fraction of sp³-hybridized carbons (Fsp3) is 0.143. The van der Waals surface area contributed by atoms with E-state index in [1.165, 1.54) is 42.5 Å². The minimum atomic E-state index is -4.50. The van der Waals surface area contributed by atoms with Crippen molar-refractivity contribution < 1.29 is 18.3 Å². The summed E-state index contributed by atoms with van der Waals surface area (Å²) in [6.45, 7) is 0. The highest BCUT2D eigenvalue weighted by atomic mass is 35.5. The number of aliphatic hydroxyl groups is 1. The molecule has 2 aromatic rings. The third kappa shape index (κ3) is 3.08. The zero-order chi connectivity index (χ0) is 14.0. The Hall–Kier alpha value is -1.52. The van der Waals surface area contributed by atoms with Crippen LogP contribution in [-0.2, 0) is 6.18 Å². The van der Waals surface area contributed by atoms with Crippen molar-refractivity contribution in [3.8, 4) is 0 Å².